The molecule has 0 saturated carbocycles. The maximum Gasteiger partial charge on any atom is 0.252 e. The lowest BCUT2D eigenvalue weighted by Gasteiger charge is -2.25. The summed E-state index contributed by atoms with van der Waals surface area (Å²) < 4.78 is 0. The van der Waals surface area contributed by atoms with E-state index in [-0.39, 0.29) is 11.3 Å². The van der Waals surface area contributed by atoms with Gasteiger partial charge in [0.15, 0.2) is 0 Å². The standard InChI is InChI=1S/C12H19NO2S/c1-12(2,3)10(14)4-6-13-11(15)9-5-7-16-8-9/h5,7-8,10,14H,4,6H2,1-3H3,(H,13,15). The minimum atomic E-state index is -0.393. The van der Waals surface area contributed by atoms with Crippen LogP contribution in [0.1, 0.15) is 37.6 Å². The van der Waals surface area contributed by atoms with Crippen LogP contribution in [0.2, 0.25) is 0 Å². The van der Waals surface area contributed by atoms with Crippen molar-refractivity contribution in [1.29, 1.82) is 0 Å². The first kappa shape index (κ1) is 13.2. The van der Waals surface area contributed by atoms with E-state index < -0.39 is 6.10 Å². The van der Waals surface area contributed by atoms with E-state index in [1.54, 1.807) is 6.07 Å². The monoisotopic (exact) mass is 241 g/mol. The van der Waals surface area contributed by atoms with E-state index in [2.05, 4.69) is 5.32 Å². The quantitative estimate of drug-likeness (QED) is 0.849. The zero-order chi connectivity index (χ0) is 12.2. The number of aliphatic hydroxyl groups excluding tert-OH is 1. The lowest BCUT2D eigenvalue weighted by molar-refractivity contribution is 0.0551. The predicted octanol–water partition coefficient (Wildman–Crippen LogP) is 2.28. The van der Waals surface area contributed by atoms with Gasteiger partial charge in [0.2, 0.25) is 0 Å². The highest BCUT2D eigenvalue weighted by molar-refractivity contribution is 7.08. The largest absolute Gasteiger partial charge is 0.393 e. The highest BCUT2D eigenvalue weighted by atomic mass is 32.1. The van der Waals surface area contributed by atoms with Gasteiger partial charge in [-0.15, -0.1) is 0 Å². The Hall–Kier alpha value is -0.870. The molecule has 0 radical (unpaired) electrons. The van der Waals surface area contributed by atoms with Crippen molar-refractivity contribution in [3.63, 3.8) is 0 Å². The van der Waals surface area contributed by atoms with Crippen molar-refractivity contribution in [2.75, 3.05) is 6.54 Å². The predicted molar refractivity (Wildman–Crippen MR) is 66.7 cm³/mol. The summed E-state index contributed by atoms with van der Waals surface area (Å²) in [5, 5.41) is 16.3. The lowest BCUT2D eigenvalue weighted by Crippen LogP contribution is -2.32. The molecule has 0 aromatic carbocycles. The van der Waals surface area contributed by atoms with Crippen molar-refractivity contribution < 1.29 is 9.90 Å². The molecular weight excluding hydrogens is 222 g/mol. The second kappa shape index (κ2) is 5.46. The van der Waals surface area contributed by atoms with Crippen molar-refractivity contribution in [3.05, 3.63) is 22.4 Å². The van der Waals surface area contributed by atoms with Gasteiger partial charge < -0.3 is 10.4 Å². The summed E-state index contributed by atoms with van der Waals surface area (Å²) in [4.78, 5) is 11.6. The molecule has 1 rings (SSSR count). The topological polar surface area (TPSA) is 49.3 Å². The van der Waals surface area contributed by atoms with Gasteiger partial charge in [0.05, 0.1) is 6.10 Å². The third-order valence-corrected chi connectivity index (χ3v) is 3.17. The zero-order valence-corrected chi connectivity index (χ0v) is 10.8. The Labute approximate surface area is 100 Å². The number of carbonyl (C=O) groups is 1. The van der Waals surface area contributed by atoms with Crippen molar-refractivity contribution >= 4 is 17.2 Å². The highest BCUT2D eigenvalue weighted by Gasteiger charge is 2.21. The number of nitrogens with one attached hydrogen (secondary N) is 1. The van der Waals surface area contributed by atoms with Gasteiger partial charge in [0.1, 0.15) is 0 Å². The molecular formula is C12H19NO2S. The zero-order valence-electron chi connectivity index (χ0n) is 9.99. The highest BCUT2D eigenvalue weighted by Crippen LogP contribution is 2.20. The van der Waals surface area contributed by atoms with Crippen LogP contribution in [0, 0.1) is 5.41 Å². The molecule has 1 amide bonds. The summed E-state index contributed by atoms with van der Waals surface area (Å²) in [5.41, 5.74) is 0.558. The smallest absolute Gasteiger partial charge is 0.252 e. The fourth-order valence-corrected chi connectivity index (χ4v) is 1.89. The van der Waals surface area contributed by atoms with Crippen molar-refractivity contribution in [2.45, 2.75) is 33.3 Å². The van der Waals surface area contributed by atoms with Gasteiger partial charge in [-0.25, -0.2) is 0 Å². The van der Waals surface area contributed by atoms with Gasteiger partial charge >= 0.3 is 0 Å². The molecule has 1 heterocycles. The molecule has 2 N–H and O–H groups in total. The summed E-state index contributed by atoms with van der Waals surface area (Å²) in [5.74, 6) is -0.0673. The Kier molecular flexibility index (Phi) is 4.50. The van der Waals surface area contributed by atoms with Crippen molar-refractivity contribution in [2.24, 2.45) is 5.41 Å². The maximum atomic E-state index is 11.6. The molecule has 0 aliphatic heterocycles. The third kappa shape index (κ3) is 3.94. The van der Waals surface area contributed by atoms with E-state index in [0.29, 0.717) is 18.5 Å². The molecule has 0 aliphatic carbocycles. The number of aliphatic hydroxyl groups is 1. The molecule has 90 valence electrons. The molecule has 4 heteroatoms. The Bertz CT molecular complexity index is 327. The van der Waals surface area contributed by atoms with E-state index in [1.807, 2.05) is 31.5 Å². The summed E-state index contributed by atoms with van der Waals surface area (Å²) in [6.07, 6.45) is 0.189. The van der Waals surface area contributed by atoms with E-state index >= 15 is 0 Å². The van der Waals surface area contributed by atoms with Gasteiger partial charge in [-0.2, -0.15) is 11.3 Å². The van der Waals surface area contributed by atoms with Crippen LogP contribution in [0.3, 0.4) is 0 Å². The number of hydrogen-bond donors (Lipinski definition) is 2. The second-order valence-electron chi connectivity index (χ2n) is 4.94. The SMILES string of the molecule is CC(C)(C)C(O)CCNC(=O)c1ccsc1. The molecule has 1 atom stereocenters. The number of carbonyl (C=O) groups excluding carboxylic acids is 1. The van der Waals surface area contributed by atoms with Crippen LogP contribution >= 0.6 is 11.3 Å². The van der Waals surface area contributed by atoms with Crippen LogP contribution in [-0.2, 0) is 0 Å². The van der Waals surface area contributed by atoms with Crippen LogP contribution in [0.25, 0.3) is 0 Å². The summed E-state index contributed by atoms with van der Waals surface area (Å²) >= 11 is 1.50. The van der Waals surface area contributed by atoms with Crippen LogP contribution < -0.4 is 5.32 Å². The Morgan fingerprint density at radius 1 is 1.56 bits per heavy atom. The summed E-state index contributed by atoms with van der Waals surface area (Å²) in [6.45, 7) is 6.46. The van der Waals surface area contributed by atoms with Crippen molar-refractivity contribution in [3.8, 4) is 0 Å². The first-order valence-electron chi connectivity index (χ1n) is 5.39. The molecule has 0 spiro atoms. The normalized spacial score (nSPS) is 13.5. The third-order valence-electron chi connectivity index (χ3n) is 2.49. The molecule has 1 unspecified atom stereocenters. The van der Waals surface area contributed by atoms with E-state index in [0.717, 1.165) is 0 Å². The molecule has 0 fully saturated rings. The minimum Gasteiger partial charge on any atom is -0.393 e. The lowest BCUT2D eigenvalue weighted by atomic mass is 9.87. The van der Waals surface area contributed by atoms with Crippen LogP contribution in [0.15, 0.2) is 16.8 Å². The number of amides is 1. The average Bonchev–Trinajstić information content (AvgIpc) is 2.68. The maximum absolute atomic E-state index is 11.6. The fourth-order valence-electron chi connectivity index (χ4n) is 1.25. The van der Waals surface area contributed by atoms with Crippen LogP contribution in [-0.4, -0.2) is 23.7 Å². The average molecular weight is 241 g/mol. The van der Waals surface area contributed by atoms with Gasteiger partial charge in [0, 0.05) is 17.5 Å². The van der Waals surface area contributed by atoms with Crippen molar-refractivity contribution in [1.82, 2.24) is 5.32 Å². The minimum absolute atomic E-state index is 0.0673. The van der Waals surface area contributed by atoms with Gasteiger partial charge in [-0.1, -0.05) is 20.8 Å². The summed E-state index contributed by atoms with van der Waals surface area (Å²) in [7, 11) is 0. The fraction of sp³-hybridized carbons (Fsp3) is 0.583. The Morgan fingerprint density at radius 2 is 2.25 bits per heavy atom. The second-order valence-corrected chi connectivity index (χ2v) is 5.72. The molecule has 0 saturated heterocycles. The molecule has 0 aliphatic rings. The molecule has 3 nitrogen and oxygen atoms in total. The van der Waals surface area contributed by atoms with E-state index in [4.69, 9.17) is 0 Å². The van der Waals surface area contributed by atoms with Gasteiger partial charge in [-0.05, 0) is 23.3 Å². The molecule has 1 aromatic rings. The first-order chi connectivity index (χ1) is 7.41. The Balaban J connectivity index is 2.29. The first-order valence-corrected chi connectivity index (χ1v) is 6.34. The van der Waals surface area contributed by atoms with Crippen LogP contribution in [0.5, 0.6) is 0 Å². The van der Waals surface area contributed by atoms with Gasteiger partial charge in [-0.3, -0.25) is 4.79 Å². The van der Waals surface area contributed by atoms with E-state index in [1.165, 1.54) is 11.3 Å². The number of hydrogen-bond acceptors (Lipinski definition) is 3. The van der Waals surface area contributed by atoms with Crippen LogP contribution in [0.4, 0.5) is 0 Å². The molecule has 0 bridgehead atoms. The molecule has 16 heavy (non-hydrogen) atoms. The molecule has 1 aromatic heterocycles. The number of rotatable bonds is 4. The Morgan fingerprint density at radius 3 is 2.75 bits per heavy atom. The number of thiophene rings is 1. The van der Waals surface area contributed by atoms with Gasteiger partial charge in [0.25, 0.3) is 5.91 Å². The van der Waals surface area contributed by atoms with E-state index in [9.17, 15) is 9.90 Å². The summed E-state index contributed by atoms with van der Waals surface area (Å²) in [6, 6.07) is 1.79.